The van der Waals surface area contributed by atoms with Crippen LogP contribution < -0.4 is 21.3 Å². The quantitative estimate of drug-likeness (QED) is 0.404. The Balaban J connectivity index is 1.65. The van der Waals surface area contributed by atoms with Gasteiger partial charge in [0.1, 0.15) is 0 Å². The Morgan fingerprint density at radius 3 is 1.29 bits per heavy atom. The zero-order valence-electron chi connectivity index (χ0n) is 14.5. The highest BCUT2D eigenvalue weighted by Gasteiger charge is 2.12. The molecule has 0 bridgehead atoms. The summed E-state index contributed by atoms with van der Waals surface area (Å²) in [4.78, 5) is 24.2. The van der Waals surface area contributed by atoms with Crippen LogP contribution >= 0.6 is 23.2 Å². The maximum Gasteiger partial charge on any atom is 0.323 e. The summed E-state index contributed by atoms with van der Waals surface area (Å²) in [5, 5.41) is 11.1. The standard InChI is InChI=1S/C20H16Cl2N4O2/c21-15-12-18(26-20(28)24-14-9-5-2-6-10-14)16(22)11-17(15)25-19(27)23-13-7-3-1-4-8-13/h1-12H,(H2,23,25,27)(H2,24,26,28). The smallest absolute Gasteiger partial charge is 0.308 e. The van der Waals surface area contributed by atoms with Gasteiger partial charge in [0.2, 0.25) is 0 Å². The molecule has 0 aliphatic carbocycles. The number of benzene rings is 3. The molecule has 4 amide bonds. The number of rotatable bonds is 4. The van der Waals surface area contributed by atoms with Crippen molar-refractivity contribution in [1.29, 1.82) is 0 Å². The lowest BCUT2D eigenvalue weighted by Gasteiger charge is -2.13. The molecular formula is C20H16Cl2N4O2. The van der Waals surface area contributed by atoms with Crippen LogP contribution in [0.2, 0.25) is 10.0 Å². The third kappa shape index (κ3) is 5.39. The molecule has 8 heteroatoms. The number of hydrogen-bond donors (Lipinski definition) is 4. The van der Waals surface area contributed by atoms with E-state index in [2.05, 4.69) is 21.3 Å². The van der Waals surface area contributed by atoms with Crippen LogP contribution in [0.5, 0.6) is 0 Å². The van der Waals surface area contributed by atoms with Gasteiger partial charge in [0.05, 0.1) is 21.4 Å². The van der Waals surface area contributed by atoms with E-state index < -0.39 is 12.1 Å². The number of nitrogens with one attached hydrogen (secondary N) is 4. The summed E-state index contributed by atoms with van der Waals surface area (Å²) in [7, 11) is 0. The summed E-state index contributed by atoms with van der Waals surface area (Å²) in [5.74, 6) is 0. The minimum atomic E-state index is -0.466. The lowest BCUT2D eigenvalue weighted by atomic mass is 10.2. The van der Waals surface area contributed by atoms with Crippen molar-refractivity contribution in [3.05, 3.63) is 82.8 Å². The van der Waals surface area contributed by atoms with E-state index in [1.165, 1.54) is 12.1 Å². The van der Waals surface area contributed by atoms with Crippen molar-refractivity contribution < 1.29 is 9.59 Å². The Labute approximate surface area is 171 Å². The molecule has 6 nitrogen and oxygen atoms in total. The highest BCUT2D eigenvalue weighted by Crippen LogP contribution is 2.33. The van der Waals surface area contributed by atoms with E-state index in [-0.39, 0.29) is 10.0 Å². The first kappa shape index (κ1) is 19.5. The van der Waals surface area contributed by atoms with Gasteiger partial charge in [-0.1, -0.05) is 59.6 Å². The Hall–Kier alpha value is -3.22. The average molecular weight is 415 g/mol. The molecule has 4 N–H and O–H groups in total. The highest BCUT2D eigenvalue weighted by molar-refractivity contribution is 6.38. The molecule has 0 spiro atoms. The van der Waals surface area contributed by atoms with Crippen LogP contribution in [0.1, 0.15) is 0 Å². The number of anilines is 4. The summed E-state index contributed by atoms with van der Waals surface area (Å²) < 4.78 is 0. The van der Waals surface area contributed by atoms with Crippen molar-refractivity contribution in [1.82, 2.24) is 0 Å². The maximum absolute atomic E-state index is 12.1. The predicted octanol–water partition coefficient (Wildman–Crippen LogP) is 6.28. The normalized spacial score (nSPS) is 10.1. The lowest BCUT2D eigenvalue weighted by Crippen LogP contribution is -2.21. The Kier molecular flexibility index (Phi) is 6.37. The number of halogens is 2. The third-order valence-electron chi connectivity index (χ3n) is 3.62. The van der Waals surface area contributed by atoms with Crippen LogP contribution in [0.15, 0.2) is 72.8 Å². The minimum absolute atomic E-state index is 0.225. The van der Waals surface area contributed by atoms with Gasteiger partial charge in [-0.3, -0.25) is 0 Å². The van der Waals surface area contributed by atoms with E-state index in [0.29, 0.717) is 22.7 Å². The SMILES string of the molecule is O=C(Nc1ccccc1)Nc1cc(Cl)c(NC(=O)Nc2ccccc2)cc1Cl. The number of amides is 4. The zero-order valence-corrected chi connectivity index (χ0v) is 16.0. The fourth-order valence-corrected chi connectivity index (χ4v) is 2.77. The van der Waals surface area contributed by atoms with Crippen LogP contribution in [-0.4, -0.2) is 12.1 Å². The van der Waals surface area contributed by atoms with Crippen LogP contribution in [0.4, 0.5) is 32.3 Å². The second-order valence-electron chi connectivity index (χ2n) is 5.70. The molecule has 3 aromatic carbocycles. The third-order valence-corrected chi connectivity index (χ3v) is 4.24. The number of carbonyl (C=O) groups excluding carboxylic acids is 2. The lowest BCUT2D eigenvalue weighted by molar-refractivity contribution is 0.261. The topological polar surface area (TPSA) is 82.3 Å². The molecule has 3 rings (SSSR count). The van der Waals surface area contributed by atoms with Gasteiger partial charge in [-0.15, -0.1) is 0 Å². The van der Waals surface area contributed by atoms with Crippen molar-refractivity contribution in [2.24, 2.45) is 0 Å². The molecule has 0 saturated heterocycles. The van der Waals surface area contributed by atoms with Gasteiger partial charge in [0.15, 0.2) is 0 Å². The summed E-state index contributed by atoms with van der Waals surface area (Å²) in [6, 6.07) is 19.9. The molecular weight excluding hydrogens is 399 g/mol. The van der Waals surface area contributed by atoms with E-state index in [1.807, 2.05) is 12.1 Å². The summed E-state index contributed by atoms with van der Waals surface area (Å²) in [5.41, 5.74) is 1.90. The van der Waals surface area contributed by atoms with Gasteiger partial charge < -0.3 is 21.3 Å². The second-order valence-corrected chi connectivity index (χ2v) is 6.52. The Morgan fingerprint density at radius 1 is 0.571 bits per heavy atom. The predicted molar refractivity (Wildman–Crippen MR) is 115 cm³/mol. The van der Waals surface area contributed by atoms with Crippen LogP contribution in [-0.2, 0) is 0 Å². The molecule has 0 aliphatic rings. The van der Waals surface area contributed by atoms with Crippen LogP contribution in [0.25, 0.3) is 0 Å². The molecule has 0 radical (unpaired) electrons. The Bertz CT molecular complexity index is 901. The van der Waals surface area contributed by atoms with Crippen LogP contribution in [0, 0.1) is 0 Å². The van der Waals surface area contributed by atoms with Gasteiger partial charge >= 0.3 is 12.1 Å². The second kappa shape index (κ2) is 9.12. The van der Waals surface area contributed by atoms with E-state index in [9.17, 15) is 9.59 Å². The van der Waals surface area contributed by atoms with E-state index in [1.54, 1.807) is 48.5 Å². The number of para-hydroxylation sites is 2. The number of carbonyl (C=O) groups is 2. The molecule has 0 saturated carbocycles. The molecule has 0 heterocycles. The first-order valence-corrected chi connectivity index (χ1v) is 9.02. The van der Waals surface area contributed by atoms with E-state index in [4.69, 9.17) is 23.2 Å². The largest absolute Gasteiger partial charge is 0.323 e. The molecule has 0 unspecified atom stereocenters. The highest BCUT2D eigenvalue weighted by atomic mass is 35.5. The summed E-state index contributed by atoms with van der Waals surface area (Å²) in [6.07, 6.45) is 0. The van der Waals surface area contributed by atoms with Gasteiger partial charge in [-0.2, -0.15) is 0 Å². The van der Waals surface area contributed by atoms with E-state index in [0.717, 1.165) is 0 Å². The molecule has 0 aliphatic heterocycles. The molecule has 142 valence electrons. The maximum atomic E-state index is 12.1. The fourth-order valence-electron chi connectivity index (χ4n) is 2.35. The van der Waals surface area contributed by atoms with E-state index >= 15 is 0 Å². The molecule has 0 atom stereocenters. The Morgan fingerprint density at radius 2 is 0.929 bits per heavy atom. The summed E-state index contributed by atoms with van der Waals surface area (Å²) in [6.45, 7) is 0. The zero-order chi connectivity index (χ0) is 19.9. The average Bonchev–Trinajstić information content (AvgIpc) is 2.67. The first-order chi connectivity index (χ1) is 13.5. The number of urea groups is 2. The van der Waals surface area contributed by atoms with Crippen molar-refractivity contribution in [3.8, 4) is 0 Å². The fraction of sp³-hybridized carbons (Fsp3) is 0. The first-order valence-electron chi connectivity index (χ1n) is 8.26. The van der Waals surface area contributed by atoms with Gasteiger partial charge in [0, 0.05) is 11.4 Å². The molecule has 0 fully saturated rings. The van der Waals surface area contributed by atoms with Crippen molar-refractivity contribution in [3.63, 3.8) is 0 Å². The molecule has 3 aromatic rings. The van der Waals surface area contributed by atoms with Gasteiger partial charge in [-0.25, -0.2) is 9.59 Å². The van der Waals surface area contributed by atoms with Crippen molar-refractivity contribution in [2.45, 2.75) is 0 Å². The van der Waals surface area contributed by atoms with Gasteiger partial charge in [-0.05, 0) is 36.4 Å². The summed E-state index contributed by atoms with van der Waals surface area (Å²) >= 11 is 12.4. The van der Waals surface area contributed by atoms with Gasteiger partial charge in [0.25, 0.3) is 0 Å². The molecule has 28 heavy (non-hydrogen) atoms. The van der Waals surface area contributed by atoms with Crippen molar-refractivity contribution >= 4 is 58.0 Å². The monoisotopic (exact) mass is 414 g/mol. The minimum Gasteiger partial charge on any atom is -0.308 e. The number of hydrogen-bond acceptors (Lipinski definition) is 2. The molecule has 0 aromatic heterocycles. The van der Waals surface area contributed by atoms with Crippen molar-refractivity contribution in [2.75, 3.05) is 21.3 Å². The van der Waals surface area contributed by atoms with Crippen LogP contribution in [0.3, 0.4) is 0 Å².